The normalized spacial score (nSPS) is 17.1. The Kier molecular flexibility index (Phi) is 5.38. The molecule has 0 amide bonds. The first-order chi connectivity index (χ1) is 14.8. The van der Waals surface area contributed by atoms with Gasteiger partial charge in [-0.2, -0.15) is 0 Å². The van der Waals surface area contributed by atoms with Crippen molar-refractivity contribution in [3.63, 3.8) is 0 Å². The Labute approximate surface area is 176 Å². The average molecular weight is 396 g/mol. The molecule has 150 valence electrons. The van der Waals surface area contributed by atoms with Gasteiger partial charge in [0.1, 0.15) is 5.82 Å². The Morgan fingerprint density at radius 3 is 2.70 bits per heavy atom. The van der Waals surface area contributed by atoms with E-state index in [0.717, 1.165) is 48.6 Å². The van der Waals surface area contributed by atoms with E-state index in [1.165, 1.54) is 11.1 Å². The molecule has 5 rings (SSSR count). The Morgan fingerprint density at radius 2 is 1.83 bits per heavy atom. The number of benzene rings is 2. The highest BCUT2D eigenvalue weighted by molar-refractivity contribution is 5.91. The van der Waals surface area contributed by atoms with Crippen LogP contribution in [0.1, 0.15) is 17.2 Å². The van der Waals surface area contributed by atoms with E-state index in [1.54, 1.807) is 0 Å². The number of pyridine rings is 2. The molecule has 5 heteroatoms. The van der Waals surface area contributed by atoms with Gasteiger partial charge in [0.25, 0.3) is 0 Å². The lowest BCUT2D eigenvalue weighted by atomic mass is 10.1. The maximum Gasteiger partial charge on any atom is 0.130 e. The van der Waals surface area contributed by atoms with E-state index in [4.69, 9.17) is 4.74 Å². The van der Waals surface area contributed by atoms with Crippen molar-refractivity contribution >= 4 is 22.4 Å². The van der Waals surface area contributed by atoms with Crippen molar-refractivity contribution in [2.75, 3.05) is 25.0 Å². The van der Waals surface area contributed by atoms with Crippen molar-refractivity contribution in [3.8, 4) is 0 Å². The highest BCUT2D eigenvalue weighted by atomic mass is 16.5. The molecule has 1 saturated heterocycles. The van der Waals surface area contributed by atoms with E-state index in [0.29, 0.717) is 0 Å². The van der Waals surface area contributed by atoms with E-state index in [-0.39, 0.29) is 6.10 Å². The third kappa shape index (κ3) is 4.17. The van der Waals surface area contributed by atoms with Crippen LogP contribution in [0, 0.1) is 0 Å². The van der Waals surface area contributed by atoms with Crippen LogP contribution >= 0.6 is 0 Å². The van der Waals surface area contributed by atoms with E-state index in [9.17, 15) is 0 Å². The van der Waals surface area contributed by atoms with Gasteiger partial charge in [-0.25, -0.2) is 4.98 Å². The summed E-state index contributed by atoms with van der Waals surface area (Å²) in [4.78, 5) is 11.6. The number of fused-ring (bicyclic) bond motifs is 1. The second-order valence-electron chi connectivity index (χ2n) is 7.56. The minimum Gasteiger partial charge on any atom is -0.371 e. The molecule has 5 nitrogen and oxygen atoms in total. The highest BCUT2D eigenvalue weighted by Crippen LogP contribution is 2.25. The van der Waals surface area contributed by atoms with Crippen LogP contribution in [0.25, 0.3) is 10.9 Å². The zero-order valence-electron chi connectivity index (χ0n) is 16.7. The molecule has 0 bridgehead atoms. The summed E-state index contributed by atoms with van der Waals surface area (Å²) in [6, 6.07) is 24.8. The van der Waals surface area contributed by atoms with Gasteiger partial charge in [-0.15, -0.1) is 0 Å². The SMILES string of the molecule is c1ccc([C@H]2CN(Cc3ccc(Nc4cccc5cccnc45)nc3)CCO2)cc1. The van der Waals surface area contributed by atoms with Crippen molar-refractivity contribution in [1.29, 1.82) is 0 Å². The molecule has 1 aliphatic heterocycles. The monoisotopic (exact) mass is 396 g/mol. The van der Waals surface area contributed by atoms with Crippen LogP contribution in [0.4, 0.5) is 11.5 Å². The van der Waals surface area contributed by atoms with Crippen LogP contribution in [0.3, 0.4) is 0 Å². The van der Waals surface area contributed by atoms with Crippen molar-refractivity contribution in [3.05, 3.63) is 96.3 Å². The van der Waals surface area contributed by atoms with Crippen LogP contribution in [0.5, 0.6) is 0 Å². The minimum absolute atomic E-state index is 0.132. The molecule has 0 unspecified atom stereocenters. The molecule has 0 spiro atoms. The second-order valence-corrected chi connectivity index (χ2v) is 7.56. The van der Waals surface area contributed by atoms with E-state index >= 15 is 0 Å². The van der Waals surface area contributed by atoms with Crippen molar-refractivity contribution in [1.82, 2.24) is 14.9 Å². The van der Waals surface area contributed by atoms with E-state index in [2.05, 4.69) is 62.6 Å². The lowest BCUT2D eigenvalue weighted by Crippen LogP contribution is -2.37. The molecule has 0 radical (unpaired) electrons. The molecule has 0 aliphatic carbocycles. The number of para-hydroxylation sites is 1. The molecule has 4 aromatic rings. The molecule has 2 aromatic heterocycles. The maximum absolute atomic E-state index is 5.98. The molecule has 2 aromatic carbocycles. The summed E-state index contributed by atoms with van der Waals surface area (Å²) < 4.78 is 5.98. The third-order valence-electron chi connectivity index (χ3n) is 5.45. The smallest absolute Gasteiger partial charge is 0.130 e. The zero-order chi connectivity index (χ0) is 20.2. The molecular weight excluding hydrogens is 372 g/mol. The van der Waals surface area contributed by atoms with Gasteiger partial charge in [-0.05, 0) is 29.3 Å². The van der Waals surface area contributed by atoms with Gasteiger partial charge in [-0.3, -0.25) is 9.88 Å². The van der Waals surface area contributed by atoms with Crippen molar-refractivity contribution in [2.24, 2.45) is 0 Å². The van der Waals surface area contributed by atoms with Gasteiger partial charge < -0.3 is 10.1 Å². The summed E-state index contributed by atoms with van der Waals surface area (Å²) in [6.07, 6.45) is 3.90. The second kappa shape index (κ2) is 8.61. The molecule has 1 aliphatic rings. The minimum atomic E-state index is 0.132. The number of nitrogens with zero attached hydrogens (tertiary/aromatic N) is 3. The molecule has 1 atom stereocenters. The molecular formula is C25H24N4O. The third-order valence-corrected chi connectivity index (χ3v) is 5.45. The highest BCUT2D eigenvalue weighted by Gasteiger charge is 2.21. The number of nitrogens with one attached hydrogen (secondary N) is 1. The van der Waals surface area contributed by atoms with E-state index in [1.807, 2.05) is 42.7 Å². The van der Waals surface area contributed by atoms with Gasteiger partial charge >= 0.3 is 0 Å². The van der Waals surface area contributed by atoms with Crippen molar-refractivity contribution < 1.29 is 4.74 Å². The van der Waals surface area contributed by atoms with Gasteiger partial charge in [0, 0.05) is 37.4 Å². The summed E-state index contributed by atoms with van der Waals surface area (Å²) in [5.41, 5.74) is 4.35. The Bertz CT molecular complexity index is 1110. The number of rotatable bonds is 5. The summed E-state index contributed by atoms with van der Waals surface area (Å²) >= 11 is 0. The summed E-state index contributed by atoms with van der Waals surface area (Å²) in [7, 11) is 0. The first kappa shape index (κ1) is 18.7. The number of morpholine rings is 1. The number of hydrogen-bond acceptors (Lipinski definition) is 5. The maximum atomic E-state index is 5.98. The fraction of sp³-hybridized carbons (Fsp3) is 0.200. The first-order valence-corrected chi connectivity index (χ1v) is 10.3. The van der Waals surface area contributed by atoms with Crippen LogP contribution in [-0.2, 0) is 11.3 Å². The predicted octanol–water partition coefficient (Wildman–Crippen LogP) is 4.95. The molecule has 0 saturated carbocycles. The predicted molar refractivity (Wildman–Crippen MR) is 120 cm³/mol. The summed E-state index contributed by atoms with van der Waals surface area (Å²) in [5, 5.41) is 4.51. The fourth-order valence-corrected chi connectivity index (χ4v) is 3.91. The quantitative estimate of drug-likeness (QED) is 0.517. The zero-order valence-corrected chi connectivity index (χ0v) is 16.7. The largest absolute Gasteiger partial charge is 0.371 e. The Hall–Kier alpha value is -3.28. The van der Waals surface area contributed by atoms with E-state index < -0.39 is 0 Å². The van der Waals surface area contributed by atoms with Gasteiger partial charge in [0.05, 0.1) is 23.9 Å². The van der Waals surface area contributed by atoms with Gasteiger partial charge in [0.2, 0.25) is 0 Å². The number of hydrogen-bond donors (Lipinski definition) is 1. The van der Waals surface area contributed by atoms with Crippen LogP contribution in [0.15, 0.2) is 85.2 Å². The summed E-state index contributed by atoms with van der Waals surface area (Å²) in [5.74, 6) is 0.820. The fourth-order valence-electron chi connectivity index (χ4n) is 3.91. The average Bonchev–Trinajstić information content (AvgIpc) is 2.81. The topological polar surface area (TPSA) is 50.3 Å². The van der Waals surface area contributed by atoms with Gasteiger partial charge in [-0.1, -0.05) is 54.6 Å². The molecule has 1 N–H and O–H groups in total. The molecule has 30 heavy (non-hydrogen) atoms. The van der Waals surface area contributed by atoms with Crippen LogP contribution in [-0.4, -0.2) is 34.6 Å². The lowest BCUT2D eigenvalue weighted by Gasteiger charge is -2.33. The Morgan fingerprint density at radius 1 is 0.933 bits per heavy atom. The summed E-state index contributed by atoms with van der Waals surface area (Å²) in [6.45, 7) is 3.45. The van der Waals surface area contributed by atoms with Crippen LogP contribution in [0.2, 0.25) is 0 Å². The Balaban J connectivity index is 1.25. The number of ether oxygens (including phenoxy) is 1. The van der Waals surface area contributed by atoms with Crippen molar-refractivity contribution in [2.45, 2.75) is 12.6 Å². The molecule has 3 heterocycles. The van der Waals surface area contributed by atoms with Crippen LogP contribution < -0.4 is 5.32 Å². The standard InChI is InChI=1S/C25H24N4O/c1-2-6-20(7-3-1)23-18-29(14-15-30-23)17-19-11-12-24(27-16-19)28-22-10-4-8-21-9-5-13-26-25(21)22/h1-13,16,23H,14-15,17-18H2,(H,27,28)/t23-/m1/s1. The molecule has 1 fully saturated rings. The lowest BCUT2D eigenvalue weighted by molar-refractivity contribution is -0.0329. The van der Waals surface area contributed by atoms with Gasteiger partial charge in [0.15, 0.2) is 0 Å². The first-order valence-electron chi connectivity index (χ1n) is 10.3. The number of anilines is 2. The number of aromatic nitrogens is 2.